The Morgan fingerprint density at radius 1 is 0.500 bits per heavy atom. The number of methoxy groups -OCH3 is 4. The third-order valence-electron chi connectivity index (χ3n) is 9.39. The molecule has 0 aliphatic rings. The van der Waals surface area contributed by atoms with Crippen molar-refractivity contribution in [1.82, 2.24) is 16.0 Å². The fourth-order valence-electron chi connectivity index (χ4n) is 5.33. The summed E-state index contributed by atoms with van der Waals surface area (Å²) in [5.74, 6) is -3.35. The second-order valence-electron chi connectivity index (χ2n) is 14.8. The Bertz CT molecular complexity index is 1720. The number of Topliss-reactive ketones (excluding diaryl/α,β-unsaturated/α-hetero) is 1. The highest BCUT2D eigenvalue weighted by molar-refractivity contribution is 5.85. The Morgan fingerprint density at radius 3 is 1.09 bits per heavy atom. The molecule has 370 valence electrons. The zero-order valence-corrected chi connectivity index (χ0v) is 40.0. The summed E-state index contributed by atoms with van der Waals surface area (Å²) in [6.45, 7) is 9.62. The lowest BCUT2D eigenvalue weighted by atomic mass is 10.0. The van der Waals surface area contributed by atoms with E-state index in [9.17, 15) is 28.8 Å². The molecule has 0 saturated carbocycles. The van der Waals surface area contributed by atoms with Crippen LogP contribution in [0.4, 0.5) is 0 Å². The van der Waals surface area contributed by atoms with Crippen molar-refractivity contribution in [1.29, 1.82) is 0 Å². The van der Waals surface area contributed by atoms with Gasteiger partial charge in [0.05, 0.1) is 56.7 Å². The molecule has 0 fully saturated rings. The van der Waals surface area contributed by atoms with Crippen LogP contribution in [0, 0.1) is 23.7 Å². The van der Waals surface area contributed by atoms with Crippen molar-refractivity contribution in [3.63, 3.8) is 0 Å². The Balaban J connectivity index is 0. The average Bonchev–Trinajstić information content (AvgIpc) is 3.32. The van der Waals surface area contributed by atoms with Crippen LogP contribution < -0.4 is 21.7 Å². The number of benzene rings is 3. The largest absolute Gasteiger partial charge is 0.481 e. The molecule has 3 amide bonds. The number of amides is 3. The van der Waals surface area contributed by atoms with Gasteiger partial charge in [0.25, 0.3) is 0 Å². The number of nitrogens with two attached hydrogens (primary N) is 1. The molecule has 0 saturated heterocycles. The molecule has 17 heteroatoms. The minimum atomic E-state index is -0.921. The molecule has 5 unspecified atom stereocenters. The van der Waals surface area contributed by atoms with Crippen LogP contribution in [0.5, 0.6) is 0 Å². The number of aliphatic carboxylic acids is 2. The second-order valence-corrected chi connectivity index (χ2v) is 14.8. The van der Waals surface area contributed by atoms with Gasteiger partial charge in [0.1, 0.15) is 11.8 Å². The van der Waals surface area contributed by atoms with Crippen molar-refractivity contribution < 1.29 is 63.0 Å². The van der Waals surface area contributed by atoms with E-state index in [1.165, 1.54) is 28.3 Å². The summed E-state index contributed by atoms with van der Waals surface area (Å²) in [5, 5.41) is 33.4. The highest BCUT2D eigenvalue weighted by Crippen LogP contribution is 2.07. The first kappa shape index (κ1) is 62.5. The number of aliphatic hydroxyl groups excluding tert-OH is 1. The number of rotatable bonds is 25. The first-order valence-corrected chi connectivity index (χ1v) is 21.8. The zero-order chi connectivity index (χ0) is 50.1. The smallest absolute Gasteiger partial charge is 0.308 e. The molecule has 0 heterocycles. The van der Waals surface area contributed by atoms with Gasteiger partial charge in [-0.2, -0.15) is 0 Å². The molecular weight excluding hydrogens is 853 g/mol. The molecule has 0 radical (unpaired) electrons. The third kappa shape index (κ3) is 32.2. The van der Waals surface area contributed by atoms with Crippen molar-refractivity contribution in [2.75, 3.05) is 61.5 Å². The predicted molar refractivity (Wildman–Crippen MR) is 253 cm³/mol. The van der Waals surface area contributed by atoms with E-state index in [2.05, 4.69) is 20.7 Å². The van der Waals surface area contributed by atoms with Crippen molar-refractivity contribution in [2.24, 2.45) is 29.4 Å². The van der Waals surface area contributed by atoms with Crippen LogP contribution in [0.15, 0.2) is 91.0 Å². The minimum absolute atomic E-state index is 0.00749. The number of nitrogens with one attached hydrogen (secondary N) is 3. The van der Waals surface area contributed by atoms with E-state index >= 15 is 0 Å². The lowest BCUT2D eigenvalue weighted by molar-refractivity contribution is -0.144. The van der Waals surface area contributed by atoms with E-state index in [1.807, 2.05) is 105 Å². The summed E-state index contributed by atoms with van der Waals surface area (Å²) in [4.78, 5) is 66.3. The lowest BCUT2D eigenvalue weighted by Crippen LogP contribution is -2.43. The number of hydrogen-bond donors (Lipinski definition) is 7. The summed E-state index contributed by atoms with van der Waals surface area (Å²) >= 11 is 0. The number of aliphatic hydroxyl groups is 1. The quantitative estimate of drug-likeness (QED) is 0.0612. The summed E-state index contributed by atoms with van der Waals surface area (Å²) < 4.78 is 19.4. The average molecular weight is 929 g/mol. The molecule has 3 rings (SSSR count). The van der Waals surface area contributed by atoms with Crippen LogP contribution in [0.2, 0.25) is 0 Å². The molecule has 3 aromatic carbocycles. The molecule has 0 aliphatic heterocycles. The Hall–Kier alpha value is -5.56. The summed E-state index contributed by atoms with van der Waals surface area (Å²) in [6.07, 6.45) is 2.14. The number of carboxylic acids is 2. The first-order valence-electron chi connectivity index (χ1n) is 21.8. The van der Waals surface area contributed by atoms with E-state index in [-0.39, 0.29) is 61.6 Å². The van der Waals surface area contributed by atoms with Gasteiger partial charge in [-0.3, -0.25) is 24.0 Å². The topological polar surface area (TPSA) is 262 Å². The SMILES string of the molecule is CCC(CO)C(=O)O.CCC(COC)C(=O)NCc1ccccc1.CCC(COC)C(=O)O.COCC(CC(C)=O)C(=O)NCc1ccccc1.COCC(N)C(=O)NCc1ccccc1. The summed E-state index contributed by atoms with van der Waals surface area (Å²) in [5.41, 5.74) is 8.75. The normalized spacial score (nSPS) is 12.3. The summed E-state index contributed by atoms with van der Waals surface area (Å²) in [7, 11) is 6.17. The van der Waals surface area contributed by atoms with E-state index in [4.69, 9.17) is 35.3 Å². The number of carboxylic acid groups (broad SMARTS) is 2. The molecule has 3 aromatic rings. The van der Waals surface area contributed by atoms with Gasteiger partial charge in [0.15, 0.2) is 0 Å². The van der Waals surface area contributed by atoms with Crippen LogP contribution in [-0.4, -0.2) is 118 Å². The molecule has 0 bridgehead atoms. The maximum Gasteiger partial charge on any atom is 0.308 e. The maximum atomic E-state index is 11.9. The Labute approximate surface area is 391 Å². The molecule has 17 nitrogen and oxygen atoms in total. The fourth-order valence-corrected chi connectivity index (χ4v) is 5.33. The number of carbonyl (C=O) groups excluding carboxylic acids is 4. The van der Waals surface area contributed by atoms with Gasteiger partial charge in [-0.05, 0) is 42.9 Å². The number of carbonyl (C=O) groups is 6. The summed E-state index contributed by atoms with van der Waals surface area (Å²) in [6, 6.07) is 28.6. The molecule has 66 heavy (non-hydrogen) atoms. The Morgan fingerprint density at radius 2 is 0.818 bits per heavy atom. The van der Waals surface area contributed by atoms with Gasteiger partial charge < -0.3 is 60.7 Å². The maximum absolute atomic E-state index is 11.9. The highest BCUT2D eigenvalue weighted by atomic mass is 16.5. The van der Waals surface area contributed by atoms with Crippen LogP contribution in [0.1, 0.15) is 70.1 Å². The number of ketones is 1. The van der Waals surface area contributed by atoms with Crippen molar-refractivity contribution in [3.8, 4) is 0 Å². The van der Waals surface area contributed by atoms with E-state index in [0.717, 1.165) is 23.1 Å². The van der Waals surface area contributed by atoms with Crippen LogP contribution in [0.25, 0.3) is 0 Å². The highest BCUT2D eigenvalue weighted by Gasteiger charge is 2.20. The van der Waals surface area contributed by atoms with E-state index < -0.39 is 29.8 Å². The fraction of sp³-hybridized carbons (Fsp3) is 0.510. The molecule has 0 aliphatic carbocycles. The molecule has 0 spiro atoms. The van der Waals surface area contributed by atoms with Gasteiger partial charge in [0, 0.05) is 54.5 Å². The van der Waals surface area contributed by atoms with Crippen LogP contribution in [0.3, 0.4) is 0 Å². The van der Waals surface area contributed by atoms with E-state index in [1.54, 1.807) is 14.0 Å². The predicted octanol–water partition coefficient (Wildman–Crippen LogP) is 4.63. The van der Waals surface area contributed by atoms with Crippen LogP contribution >= 0.6 is 0 Å². The standard InChI is InChI=1S/C14H19NO3.C13H19NO2.C11H16N2O2.C6H12O3.C5H10O3/c1-11(16)8-13(10-18-2)14(17)15-9-12-6-4-3-5-7-12;1-3-12(10-16-2)13(15)14-9-11-7-5-4-6-8-11;1-15-8-10(12)11(14)13-7-9-5-3-2-4-6-9;1-3-5(4-9-2)6(7)8;1-2-4(3-6)5(7)8/h3-7,13H,8-10H2,1-2H3,(H,15,17);4-8,12H,3,9-10H2,1-2H3,(H,14,15);2-6,10H,7-8,12H2,1H3,(H,13,14);5H,3-4H2,1-2H3,(H,7,8);4,6H,2-3H2,1H3,(H,7,8). The number of hydrogen-bond acceptors (Lipinski definition) is 12. The second kappa shape index (κ2) is 40.9. The van der Waals surface area contributed by atoms with Crippen molar-refractivity contribution in [2.45, 2.75) is 79.1 Å². The number of ether oxygens (including phenoxy) is 4. The van der Waals surface area contributed by atoms with Crippen molar-refractivity contribution >= 4 is 35.4 Å². The minimum Gasteiger partial charge on any atom is -0.481 e. The molecule has 0 aromatic heterocycles. The van der Waals surface area contributed by atoms with Gasteiger partial charge in [0.2, 0.25) is 17.7 Å². The monoisotopic (exact) mass is 929 g/mol. The van der Waals surface area contributed by atoms with E-state index in [0.29, 0.717) is 45.7 Å². The molecule has 8 N–H and O–H groups in total. The lowest BCUT2D eigenvalue weighted by Gasteiger charge is -2.14. The van der Waals surface area contributed by atoms with Gasteiger partial charge in [-0.1, -0.05) is 112 Å². The molecular formula is C49H76N4O13. The van der Waals surface area contributed by atoms with Crippen LogP contribution in [-0.2, 0) is 67.3 Å². The first-order chi connectivity index (χ1) is 31.6. The molecule has 5 atom stereocenters. The van der Waals surface area contributed by atoms with Crippen molar-refractivity contribution in [3.05, 3.63) is 108 Å². The Kier molecular flexibility index (Phi) is 38.8. The van der Waals surface area contributed by atoms with Gasteiger partial charge in [-0.25, -0.2) is 0 Å². The third-order valence-corrected chi connectivity index (χ3v) is 9.39. The van der Waals surface area contributed by atoms with Gasteiger partial charge in [-0.15, -0.1) is 0 Å². The van der Waals surface area contributed by atoms with Gasteiger partial charge >= 0.3 is 11.9 Å². The zero-order valence-electron chi connectivity index (χ0n) is 40.0.